The summed E-state index contributed by atoms with van der Waals surface area (Å²) in [6.45, 7) is 9.14. The number of benzene rings is 1. The van der Waals surface area contributed by atoms with E-state index < -0.39 is 0 Å². The van der Waals surface area contributed by atoms with Gasteiger partial charge in [0.05, 0.1) is 12.7 Å². The molecule has 3 N–H and O–H groups in total. The number of carbonyl (C=O) groups is 1. The maximum atomic E-state index is 12.2. The lowest BCUT2D eigenvalue weighted by Crippen LogP contribution is -2.37. The number of carbonyl (C=O) groups excluding carboxylic acids is 1. The van der Waals surface area contributed by atoms with Gasteiger partial charge < -0.3 is 20.4 Å². The zero-order valence-electron chi connectivity index (χ0n) is 16.8. The first-order valence-electron chi connectivity index (χ1n) is 9.15. The number of aromatic nitrogens is 1. The van der Waals surface area contributed by atoms with E-state index in [9.17, 15) is 4.79 Å². The van der Waals surface area contributed by atoms with Crippen LogP contribution in [0.1, 0.15) is 44.9 Å². The van der Waals surface area contributed by atoms with Gasteiger partial charge in [0.1, 0.15) is 12.3 Å². The van der Waals surface area contributed by atoms with E-state index in [-0.39, 0.29) is 17.9 Å². The van der Waals surface area contributed by atoms with Gasteiger partial charge in [-0.2, -0.15) is 0 Å². The van der Waals surface area contributed by atoms with Gasteiger partial charge in [-0.1, -0.05) is 32.8 Å². The molecule has 0 spiro atoms. The Bertz CT molecular complexity index is 871. The van der Waals surface area contributed by atoms with Crippen molar-refractivity contribution >= 4 is 17.6 Å². The predicted octanol–water partition coefficient (Wildman–Crippen LogP) is 2.65. The van der Waals surface area contributed by atoms with Crippen molar-refractivity contribution < 1.29 is 9.21 Å². The highest BCUT2D eigenvalue weighted by atomic mass is 16.4. The summed E-state index contributed by atoms with van der Waals surface area (Å²) in [5, 5.41) is 8.99. The van der Waals surface area contributed by atoms with E-state index in [1.165, 1.54) is 0 Å². The summed E-state index contributed by atoms with van der Waals surface area (Å²) in [7, 11) is 0. The number of anilines is 1. The molecule has 0 radical (unpaired) electrons. The zero-order valence-corrected chi connectivity index (χ0v) is 16.8. The van der Waals surface area contributed by atoms with Crippen LogP contribution in [0.5, 0.6) is 0 Å². The Morgan fingerprint density at radius 1 is 1.32 bits per heavy atom. The number of amides is 1. The highest BCUT2D eigenvalue weighted by molar-refractivity contribution is 5.94. The molecular formula is C21H27N5O2. The van der Waals surface area contributed by atoms with Gasteiger partial charge in [-0.15, -0.1) is 6.42 Å². The average molecular weight is 381 g/mol. The number of nitrogens with zero attached hydrogens (tertiary/aromatic N) is 2. The van der Waals surface area contributed by atoms with Crippen molar-refractivity contribution in [1.29, 1.82) is 0 Å². The molecule has 1 amide bonds. The monoisotopic (exact) mass is 381 g/mol. The number of oxazole rings is 1. The van der Waals surface area contributed by atoms with Crippen LogP contribution < -0.4 is 16.0 Å². The Hall–Kier alpha value is -3.27. The Kier molecular flexibility index (Phi) is 7.21. The van der Waals surface area contributed by atoms with E-state index in [2.05, 4.69) is 52.6 Å². The highest BCUT2D eigenvalue weighted by Gasteiger charge is 2.19. The minimum absolute atomic E-state index is 0.0333. The molecule has 1 aromatic carbocycles. The van der Waals surface area contributed by atoms with Crippen LogP contribution in [0.25, 0.3) is 0 Å². The van der Waals surface area contributed by atoms with Crippen molar-refractivity contribution in [2.75, 3.05) is 18.4 Å². The molecule has 0 saturated carbocycles. The van der Waals surface area contributed by atoms with E-state index >= 15 is 0 Å². The number of hydrogen-bond acceptors (Lipinski definition) is 4. The summed E-state index contributed by atoms with van der Waals surface area (Å²) in [5.74, 6) is 4.18. The van der Waals surface area contributed by atoms with Crippen molar-refractivity contribution in [3.63, 3.8) is 0 Å². The lowest BCUT2D eigenvalue weighted by molar-refractivity contribution is -0.114. The van der Waals surface area contributed by atoms with Crippen LogP contribution in [0.15, 0.2) is 39.9 Å². The number of aliphatic imine (C=N–C) groups is 1. The third-order valence-corrected chi connectivity index (χ3v) is 3.74. The fourth-order valence-corrected chi connectivity index (χ4v) is 2.28. The second-order valence-corrected chi connectivity index (χ2v) is 7.19. The van der Waals surface area contributed by atoms with Crippen molar-refractivity contribution in [3.8, 4) is 12.3 Å². The maximum Gasteiger partial charge on any atom is 0.246 e. The van der Waals surface area contributed by atoms with E-state index in [4.69, 9.17) is 10.8 Å². The molecule has 0 bridgehead atoms. The fraction of sp³-hybridized carbons (Fsp3) is 0.381. The smallest absolute Gasteiger partial charge is 0.246 e. The summed E-state index contributed by atoms with van der Waals surface area (Å²) >= 11 is 0. The summed E-state index contributed by atoms with van der Waals surface area (Å²) < 4.78 is 5.75. The van der Waals surface area contributed by atoms with Crippen LogP contribution >= 0.6 is 0 Å². The number of nitrogens with one attached hydrogen (secondary N) is 3. The van der Waals surface area contributed by atoms with Gasteiger partial charge in [0.25, 0.3) is 0 Å². The molecule has 0 aliphatic carbocycles. The molecule has 7 heteroatoms. The van der Waals surface area contributed by atoms with Crippen molar-refractivity contribution in [2.24, 2.45) is 4.99 Å². The van der Waals surface area contributed by atoms with E-state index in [1.807, 2.05) is 6.92 Å². The van der Waals surface area contributed by atoms with Crippen LogP contribution in [0, 0.1) is 12.3 Å². The molecule has 2 aromatic rings. The molecule has 0 aliphatic rings. The first kappa shape index (κ1) is 21.0. The normalized spacial score (nSPS) is 11.6. The molecule has 0 saturated heterocycles. The van der Waals surface area contributed by atoms with Crippen molar-refractivity contribution in [1.82, 2.24) is 15.6 Å². The van der Waals surface area contributed by atoms with Crippen molar-refractivity contribution in [3.05, 3.63) is 47.7 Å². The van der Waals surface area contributed by atoms with Crippen molar-refractivity contribution in [2.45, 2.75) is 39.7 Å². The van der Waals surface area contributed by atoms with Crippen LogP contribution in [0.4, 0.5) is 5.69 Å². The SMILES string of the molecule is C#Cc1cccc(NC(=O)CN=C(NCC)NCc2ncc(C(C)(C)C)o2)c1. The summed E-state index contributed by atoms with van der Waals surface area (Å²) in [6, 6.07) is 7.11. The third kappa shape index (κ3) is 6.47. The average Bonchev–Trinajstić information content (AvgIpc) is 3.13. The first-order chi connectivity index (χ1) is 13.3. The largest absolute Gasteiger partial charge is 0.443 e. The lowest BCUT2D eigenvalue weighted by Gasteiger charge is -2.13. The van der Waals surface area contributed by atoms with Crippen LogP contribution in [0.3, 0.4) is 0 Å². The minimum atomic E-state index is -0.238. The van der Waals surface area contributed by atoms with Gasteiger partial charge in [0, 0.05) is 23.2 Å². The van der Waals surface area contributed by atoms with Gasteiger partial charge in [-0.3, -0.25) is 4.79 Å². The number of rotatable bonds is 6. The molecule has 28 heavy (non-hydrogen) atoms. The van der Waals surface area contributed by atoms with E-state index in [0.29, 0.717) is 36.2 Å². The van der Waals surface area contributed by atoms with Crippen LogP contribution in [-0.2, 0) is 16.8 Å². The molecule has 2 rings (SSSR count). The molecule has 1 aromatic heterocycles. The molecule has 0 aliphatic heterocycles. The fourth-order valence-electron chi connectivity index (χ4n) is 2.28. The van der Waals surface area contributed by atoms with E-state index in [1.54, 1.807) is 30.5 Å². The Labute approximate surface area is 166 Å². The van der Waals surface area contributed by atoms with Gasteiger partial charge in [0.2, 0.25) is 11.8 Å². The zero-order chi connectivity index (χ0) is 20.6. The Morgan fingerprint density at radius 3 is 2.75 bits per heavy atom. The highest BCUT2D eigenvalue weighted by Crippen LogP contribution is 2.22. The Morgan fingerprint density at radius 2 is 2.11 bits per heavy atom. The van der Waals surface area contributed by atoms with Gasteiger partial charge >= 0.3 is 0 Å². The summed E-state index contributed by atoms with van der Waals surface area (Å²) in [6.07, 6.45) is 7.11. The lowest BCUT2D eigenvalue weighted by atomic mass is 9.94. The predicted molar refractivity (Wildman–Crippen MR) is 111 cm³/mol. The minimum Gasteiger partial charge on any atom is -0.443 e. The first-order valence-corrected chi connectivity index (χ1v) is 9.15. The van der Waals surface area contributed by atoms with Gasteiger partial charge in [0.15, 0.2) is 5.96 Å². The van der Waals surface area contributed by atoms with Crippen LogP contribution in [0.2, 0.25) is 0 Å². The molecule has 7 nitrogen and oxygen atoms in total. The summed E-state index contributed by atoms with van der Waals surface area (Å²) in [4.78, 5) is 20.7. The molecule has 0 fully saturated rings. The third-order valence-electron chi connectivity index (χ3n) is 3.74. The second-order valence-electron chi connectivity index (χ2n) is 7.19. The topological polar surface area (TPSA) is 91.5 Å². The van der Waals surface area contributed by atoms with Crippen LogP contribution in [-0.4, -0.2) is 29.9 Å². The van der Waals surface area contributed by atoms with Gasteiger partial charge in [-0.05, 0) is 25.1 Å². The standard InChI is InChI=1S/C21H27N5O2/c1-6-15-9-8-10-16(11-15)26-18(27)13-24-20(22-7-2)25-14-19-23-12-17(28-19)21(3,4)5/h1,8-12H,7,13-14H2,2-5H3,(H,26,27)(H2,22,24,25). The quantitative estimate of drug-likeness (QED) is 0.406. The molecule has 148 valence electrons. The molecular weight excluding hydrogens is 354 g/mol. The Balaban J connectivity index is 1.93. The summed E-state index contributed by atoms with van der Waals surface area (Å²) in [5.41, 5.74) is 1.25. The number of guanidine groups is 1. The molecule has 0 atom stereocenters. The van der Waals surface area contributed by atoms with Gasteiger partial charge in [-0.25, -0.2) is 9.98 Å². The van der Waals surface area contributed by atoms with E-state index in [0.717, 1.165) is 5.76 Å². The molecule has 0 unspecified atom stereocenters. The maximum absolute atomic E-state index is 12.2. The number of hydrogen-bond donors (Lipinski definition) is 3. The number of terminal acetylenes is 1. The molecule has 1 heterocycles. The second kappa shape index (κ2) is 9.60.